The van der Waals surface area contributed by atoms with Gasteiger partial charge in [0.1, 0.15) is 0 Å². The van der Waals surface area contributed by atoms with Gasteiger partial charge in [-0.3, -0.25) is 0 Å². The van der Waals surface area contributed by atoms with Crippen LogP contribution < -0.4 is 0 Å². The molecule has 0 saturated carbocycles. The molecule has 0 aliphatic carbocycles. The van der Waals surface area contributed by atoms with Crippen LogP contribution in [0.1, 0.15) is 94.3 Å². The van der Waals surface area contributed by atoms with Crippen molar-refractivity contribution in [3.63, 3.8) is 0 Å². The number of unbranched alkanes of at least 4 members (excludes halogenated alkanes) is 11. The number of hydrogen-bond donors (Lipinski definition) is 1. The number of carboxylic acid groups (broad SMARTS) is 1. The Morgan fingerprint density at radius 3 is 1.86 bits per heavy atom. The standard InChI is InChI=1S/C19H33NO2/c1-2-3-4-5-6-7-8-9-10-11-12-13-15-20-16-14-18(17-20)19(21)22/h14,16-17H,2-13,15H2,1H3,(H,21,22). The van der Waals surface area contributed by atoms with Crippen molar-refractivity contribution in [2.45, 2.75) is 90.5 Å². The van der Waals surface area contributed by atoms with Gasteiger partial charge in [-0.15, -0.1) is 0 Å². The van der Waals surface area contributed by atoms with E-state index in [0.29, 0.717) is 5.56 Å². The van der Waals surface area contributed by atoms with E-state index in [2.05, 4.69) is 6.92 Å². The van der Waals surface area contributed by atoms with Gasteiger partial charge < -0.3 is 9.67 Å². The Kier molecular flexibility index (Phi) is 10.5. The van der Waals surface area contributed by atoms with Crippen molar-refractivity contribution in [1.82, 2.24) is 4.57 Å². The predicted molar refractivity (Wildman–Crippen MR) is 92.5 cm³/mol. The van der Waals surface area contributed by atoms with Crippen LogP contribution in [-0.4, -0.2) is 15.6 Å². The average molecular weight is 307 g/mol. The number of hydrogen-bond acceptors (Lipinski definition) is 1. The Labute approximate surface area is 135 Å². The summed E-state index contributed by atoms with van der Waals surface area (Å²) in [5.74, 6) is -0.839. The number of aromatic nitrogens is 1. The highest BCUT2D eigenvalue weighted by molar-refractivity contribution is 5.87. The summed E-state index contributed by atoms with van der Waals surface area (Å²) < 4.78 is 1.99. The molecule has 3 heteroatoms. The molecule has 1 aromatic heterocycles. The van der Waals surface area contributed by atoms with Crippen molar-refractivity contribution in [2.24, 2.45) is 0 Å². The van der Waals surface area contributed by atoms with Crippen molar-refractivity contribution in [3.05, 3.63) is 24.0 Å². The molecule has 0 saturated heterocycles. The predicted octanol–water partition coefficient (Wildman–Crippen LogP) is 5.89. The Morgan fingerprint density at radius 1 is 0.909 bits per heavy atom. The molecular formula is C19H33NO2. The second kappa shape index (κ2) is 12.3. The van der Waals surface area contributed by atoms with Crippen molar-refractivity contribution >= 4 is 5.97 Å². The smallest absolute Gasteiger partial charge is 0.337 e. The molecule has 0 spiro atoms. The average Bonchev–Trinajstić information content (AvgIpc) is 2.97. The zero-order valence-electron chi connectivity index (χ0n) is 14.2. The number of aryl methyl sites for hydroxylation is 1. The largest absolute Gasteiger partial charge is 0.478 e. The first-order chi connectivity index (χ1) is 10.7. The van der Waals surface area contributed by atoms with Crippen LogP contribution in [0.4, 0.5) is 0 Å². The summed E-state index contributed by atoms with van der Waals surface area (Å²) >= 11 is 0. The zero-order valence-corrected chi connectivity index (χ0v) is 14.2. The molecule has 0 aromatic carbocycles. The van der Waals surface area contributed by atoms with Gasteiger partial charge in [0.2, 0.25) is 0 Å². The molecule has 1 rings (SSSR count). The van der Waals surface area contributed by atoms with Crippen LogP contribution in [0.15, 0.2) is 18.5 Å². The lowest BCUT2D eigenvalue weighted by Gasteiger charge is -2.04. The fourth-order valence-corrected chi connectivity index (χ4v) is 2.84. The lowest BCUT2D eigenvalue weighted by Crippen LogP contribution is -1.96. The first-order valence-corrected chi connectivity index (χ1v) is 9.13. The van der Waals surface area contributed by atoms with Crippen LogP contribution in [0.5, 0.6) is 0 Å². The van der Waals surface area contributed by atoms with Crippen molar-refractivity contribution in [1.29, 1.82) is 0 Å². The van der Waals surface area contributed by atoms with Gasteiger partial charge in [0, 0.05) is 18.9 Å². The number of nitrogens with zero attached hydrogens (tertiary/aromatic N) is 1. The van der Waals surface area contributed by atoms with E-state index in [9.17, 15) is 4.79 Å². The Balaban J connectivity index is 1.86. The highest BCUT2D eigenvalue weighted by atomic mass is 16.4. The summed E-state index contributed by atoms with van der Waals surface area (Å²) in [5.41, 5.74) is 0.388. The molecule has 1 N–H and O–H groups in total. The van der Waals surface area contributed by atoms with Crippen LogP contribution in [-0.2, 0) is 6.54 Å². The van der Waals surface area contributed by atoms with E-state index in [-0.39, 0.29) is 0 Å². The maximum Gasteiger partial charge on any atom is 0.337 e. The van der Waals surface area contributed by atoms with Gasteiger partial charge in [-0.2, -0.15) is 0 Å². The molecule has 0 unspecified atom stereocenters. The molecule has 1 heterocycles. The fraction of sp³-hybridized carbons (Fsp3) is 0.737. The van der Waals surface area contributed by atoms with E-state index >= 15 is 0 Å². The SMILES string of the molecule is CCCCCCCCCCCCCCn1ccc(C(=O)O)c1. The molecule has 0 bridgehead atoms. The van der Waals surface area contributed by atoms with Crippen molar-refractivity contribution in [3.8, 4) is 0 Å². The molecule has 0 aliphatic heterocycles. The molecule has 126 valence electrons. The van der Waals surface area contributed by atoms with Gasteiger partial charge in [0.05, 0.1) is 5.56 Å². The molecule has 22 heavy (non-hydrogen) atoms. The Hall–Kier alpha value is -1.25. The maximum atomic E-state index is 10.8. The lowest BCUT2D eigenvalue weighted by molar-refractivity contribution is 0.0697. The first-order valence-electron chi connectivity index (χ1n) is 9.13. The highest BCUT2D eigenvalue weighted by Gasteiger charge is 2.03. The molecule has 3 nitrogen and oxygen atoms in total. The van der Waals surface area contributed by atoms with Gasteiger partial charge >= 0.3 is 5.97 Å². The van der Waals surface area contributed by atoms with E-state index < -0.39 is 5.97 Å². The van der Waals surface area contributed by atoms with E-state index in [4.69, 9.17) is 5.11 Å². The second-order valence-electron chi connectivity index (χ2n) is 6.33. The molecule has 0 amide bonds. The van der Waals surface area contributed by atoms with Gasteiger partial charge in [0.15, 0.2) is 0 Å². The first kappa shape index (κ1) is 18.8. The summed E-state index contributed by atoms with van der Waals surface area (Å²) in [6.07, 6.45) is 19.8. The van der Waals surface area contributed by atoms with Crippen LogP contribution in [0.3, 0.4) is 0 Å². The van der Waals surface area contributed by atoms with Crippen molar-refractivity contribution in [2.75, 3.05) is 0 Å². The number of rotatable bonds is 14. The minimum absolute atomic E-state index is 0.388. The monoisotopic (exact) mass is 307 g/mol. The third-order valence-electron chi connectivity index (χ3n) is 4.27. The Morgan fingerprint density at radius 2 is 1.41 bits per heavy atom. The van der Waals surface area contributed by atoms with Crippen LogP contribution in [0, 0.1) is 0 Å². The summed E-state index contributed by atoms with van der Waals surface area (Å²) in [5, 5.41) is 8.86. The van der Waals surface area contributed by atoms with Crippen LogP contribution in [0.25, 0.3) is 0 Å². The molecule has 0 aliphatic rings. The highest BCUT2D eigenvalue weighted by Crippen LogP contribution is 2.12. The van der Waals surface area contributed by atoms with E-state index in [1.54, 1.807) is 12.3 Å². The van der Waals surface area contributed by atoms with Gasteiger partial charge in [-0.1, -0.05) is 77.6 Å². The minimum Gasteiger partial charge on any atom is -0.478 e. The minimum atomic E-state index is -0.839. The summed E-state index contributed by atoms with van der Waals surface area (Å²) in [6, 6.07) is 1.67. The summed E-state index contributed by atoms with van der Waals surface area (Å²) in [7, 11) is 0. The lowest BCUT2D eigenvalue weighted by atomic mass is 10.1. The summed E-state index contributed by atoms with van der Waals surface area (Å²) in [4.78, 5) is 10.8. The maximum absolute atomic E-state index is 10.8. The quantitative estimate of drug-likeness (QED) is 0.436. The van der Waals surface area contributed by atoms with Crippen molar-refractivity contribution < 1.29 is 9.90 Å². The van der Waals surface area contributed by atoms with E-state index in [1.807, 2.05) is 10.8 Å². The normalized spacial score (nSPS) is 11.0. The molecule has 1 aromatic rings. The van der Waals surface area contributed by atoms with Crippen LogP contribution >= 0.6 is 0 Å². The second-order valence-corrected chi connectivity index (χ2v) is 6.33. The fourth-order valence-electron chi connectivity index (χ4n) is 2.84. The third-order valence-corrected chi connectivity index (χ3v) is 4.27. The number of carboxylic acids is 1. The van der Waals surface area contributed by atoms with Gasteiger partial charge in [-0.25, -0.2) is 4.79 Å². The van der Waals surface area contributed by atoms with Crippen LogP contribution in [0.2, 0.25) is 0 Å². The number of aromatic carboxylic acids is 1. The number of carbonyl (C=O) groups is 1. The third kappa shape index (κ3) is 8.91. The molecule has 0 fully saturated rings. The van der Waals surface area contributed by atoms with Gasteiger partial charge in [-0.05, 0) is 12.5 Å². The topological polar surface area (TPSA) is 42.2 Å². The van der Waals surface area contributed by atoms with E-state index in [1.165, 1.54) is 70.6 Å². The zero-order chi connectivity index (χ0) is 16.0. The van der Waals surface area contributed by atoms with Gasteiger partial charge in [0.25, 0.3) is 0 Å². The molecular weight excluding hydrogens is 274 g/mol. The molecule has 0 atom stereocenters. The van der Waals surface area contributed by atoms with E-state index in [0.717, 1.165) is 13.0 Å². The molecule has 0 radical (unpaired) electrons. The summed E-state index contributed by atoms with van der Waals surface area (Å²) in [6.45, 7) is 3.20. The Bertz CT molecular complexity index is 398.